The van der Waals surface area contributed by atoms with E-state index in [9.17, 15) is 34.1 Å². The van der Waals surface area contributed by atoms with Crippen LogP contribution in [-0.2, 0) is 4.79 Å². The van der Waals surface area contributed by atoms with Crippen LogP contribution in [0.1, 0.15) is 44.0 Å². The third-order valence-corrected chi connectivity index (χ3v) is 4.60. The van der Waals surface area contributed by atoms with Crippen LogP contribution in [0.5, 0.6) is 0 Å². The summed E-state index contributed by atoms with van der Waals surface area (Å²) >= 11 is 0. The number of non-ortho nitro benzene ring substituents is 1. The molecular weight excluding hydrogens is 424 g/mol. The van der Waals surface area contributed by atoms with Crippen molar-refractivity contribution in [1.82, 2.24) is 25.7 Å². The number of carbonyl (C=O) groups is 4. The van der Waals surface area contributed by atoms with Crippen LogP contribution >= 0.6 is 0 Å². The number of fused-ring (bicyclic) bond motifs is 1. The summed E-state index contributed by atoms with van der Waals surface area (Å²) in [6.07, 6.45) is 0.232. The van der Waals surface area contributed by atoms with Crippen LogP contribution < -0.4 is 16.2 Å². The highest BCUT2D eigenvalue weighted by molar-refractivity contribution is 6.21. The highest BCUT2D eigenvalue weighted by Crippen LogP contribution is 2.26. The fourth-order valence-corrected chi connectivity index (χ4v) is 3.02. The molecule has 32 heavy (non-hydrogen) atoms. The van der Waals surface area contributed by atoms with Crippen LogP contribution in [0.4, 0.5) is 5.69 Å². The van der Waals surface area contributed by atoms with E-state index in [1.165, 1.54) is 18.2 Å². The van der Waals surface area contributed by atoms with Crippen molar-refractivity contribution in [2.75, 3.05) is 19.6 Å². The molecule has 4 amide bonds. The maximum Gasteiger partial charge on any atom is 0.271 e. The number of benzene rings is 1. The topological polar surface area (TPSA) is 184 Å². The summed E-state index contributed by atoms with van der Waals surface area (Å²) in [6.45, 7) is 0.259. The summed E-state index contributed by atoms with van der Waals surface area (Å²) in [7, 11) is 0. The third-order valence-electron chi connectivity index (χ3n) is 4.60. The molecular formula is C19H18N6O7. The second-order valence-corrected chi connectivity index (χ2v) is 6.76. The molecule has 0 spiro atoms. The van der Waals surface area contributed by atoms with Crippen molar-refractivity contribution >= 4 is 29.3 Å². The van der Waals surface area contributed by atoms with Gasteiger partial charge in [-0.05, 0) is 18.6 Å². The fraction of sp³-hybridized carbons (Fsp3) is 0.263. The van der Waals surface area contributed by atoms with Gasteiger partial charge in [0.2, 0.25) is 5.91 Å². The summed E-state index contributed by atoms with van der Waals surface area (Å²) in [5.74, 6) is -2.04. The predicted molar refractivity (Wildman–Crippen MR) is 108 cm³/mol. The van der Waals surface area contributed by atoms with E-state index in [1.54, 1.807) is 0 Å². The van der Waals surface area contributed by atoms with Gasteiger partial charge >= 0.3 is 0 Å². The van der Waals surface area contributed by atoms with Crippen LogP contribution in [0.15, 0.2) is 35.1 Å². The number of nitro groups is 1. The molecule has 0 atom stereocenters. The lowest BCUT2D eigenvalue weighted by Gasteiger charge is -2.13. The first-order chi connectivity index (χ1) is 15.3. The second kappa shape index (κ2) is 9.59. The molecule has 0 saturated heterocycles. The van der Waals surface area contributed by atoms with Crippen LogP contribution in [-0.4, -0.2) is 63.3 Å². The van der Waals surface area contributed by atoms with E-state index in [4.69, 9.17) is 0 Å². The fourth-order valence-electron chi connectivity index (χ4n) is 3.02. The van der Waals surface area contributed by atoms with Crippen molar-refractivity contribution in [3.63, 3.8) is 0 Å². The number of aromatic nitrogens is 2. The van der Waals surface area contributed by atoms with Gasteiger partial charge in [0.15, 0.2) is 0 Å². The Labute approximate surface area is 179 Å². The van der Waals surface area contributed by atoms with Gasteiger partial charge in [-0.15, -0.1) is 0 Å². The van der Waals surface area contributed by atoms with Crippen LogP contribution in [0.2, 0.25) is 0 Å². The van der Waals surface area contributed by atoms with Gasteiger partial charge in [0, 0.05) is 44.3 Å². The van der Waals surface area contributed by atoms with Crippen molar-refractivity contribution in [2.45, 2.75) is 12.8 Å². The molecule has 13 nitrogen and oxygen atoms in total. The highest BCUT2D eigenvalue weighted by atomic mass is 16.6. The zero-order chi connectivity index (χ0) is 23.3. The molecule has 2 aromatic rings. The van der Waals surface area contributed by atoms with Crippen molar-refractivity contribution < 1.29 is 24.1 Å². The van der Waals surface area contributed by atoms with E-state index in [2.05, 4.69) is 20.8 Å². The Kier molecular flexibility index (Phi) is 6.68. The van der Waals surface area contributed by atoms with Gasteiger partial charge in [0.25, 0.3) is 29.0 Å². The molecule has 0 aliphatic carbocycles. The van der Waals surface area contributed by atoms with Gasteiger partial charge in [-0.25, -0.2) is 5.10 Å². The number of hydrogen-bond donors (Lipinski definition) is 3. The first-order valence-electron chi connectivity index (χ1n) is 9.53. The van der Waals surface area contributed by atoms with E-state index in [0.717, 1.165) is 17.0 Å². The lowest BCUT2D eigenvalue weighted by molar-refractivity contribution is -0.384. The number of H-pyrrole nitrogens is 1. The molecule has 0 saturated carbocycles. The van der Waals surface area contributed by atoms with Gasteiger partial charge in [0.05, 0.1) is 16.1 Å². The van der Waals surface area contributed by atoms with E-state index in [1.807, 2.05) is 0 Å². The van der Waals surface area contributed by atoms with E-state index < -0.39 is 28.2 Å². The summed E-state index contributed by atoms with van der Waals surface area (Å²) < 4.78 is 0. The van der Waals surface area contributed by atoms with Crippen LogP contribution in [0.3, 0.4) is 0 Å². The summed E-state index contributed by atoms with van der Waals surface area (Å²) in [6, 6.07) is 5.91. The molecule has 2 heterocycles. The highest BCUT2D eigenvalue weighted by Gasteiger charge is 2.36. The molecule has 1 aromatic heterocycles. The van der Waals surface area contributed by atoms with Gasteiger partial charge in [0.1, 0.15) is 5.69 Å². The van der Waals surface area contributed by atoms with Gasteiger partial charge in [-0.1, -0.05) is 0 Å². The Hall–Kier alpha value is -4.42. The Morgan fingerprint density at radius 1 is 1.03 bits per heavy atom. The second-order valence-electron chi connectivity index (χ2n) is 6.76. The third kappa shape index (κ3) is 5.00. The van der Waals surface area contributed by atoms with Crippen molar-refractivity contribution in [2.24, 2.45) is 0 Å². The number of nitrogens with zero attached hydrogens (tertiary/aromatic N) is 3. The van der Waals surface area contributed by atoms with E-state index in [0.29, 0.717) is 0 Å². The number of aromatic amines is 1. The lowest BCUT2D eigenvalue weighted by Crippen LogP contribution is -2.36. The first-order valence-corrected chi connectivity index (χ1v) is 9.53. The molecule has 0 bridgehead atoms. The molecule has 13 heteroatoms. The lowest BCUT2D eigenvalue weighted by atomic mass is 10.1. The summed E-state index contributed by atoms with van der Waals surface area (Å²) in [4.78, 5) is 70.6. The van der Waals surface area contributed by atoms with E-state index in [-0.39, 0.29) is 60.9 Å². The number of imide groups is 1. The monoisotopic (exact) mass is 442 g/mol. The Morgan fingerprint density at radius 2 is 1.75 bits per heavy atom. The molecule has 3 rings (SSSR count). The average molecular weight is 442 g/mol. The smallest absolute Gasteiger partial charge is 0.271 e. The molecule has 0 fully saturated rings. The first kappa shape index (κ1) is 22.3. The van der Waals surface area contributed by atoms with Crippen molar-refractivity contribution in [3.8, 4) is 0 Å². The molecule has 0 radical (unpaired) electrons. The number of rotatable bonds is 9. The minimum Gasteiger partial charge on any atom is -0.354 e. The quantitative estimate of drug-likeness (QED) is 0.203. The standard InChI is InChI=1S/C19H18N6O7/c26-15(20-7-8-21-17(28)14-5-6-16(27)23-22-14)2-1-9-24-18(29)12-4-3-11(25(31)32)10-13(12)19(24)30/h3-6,10H,1-2,7-9H2,(H,20,26)(H,21,28)(H,23,27). The molecule has 1 aliphatic heterocycles. The molecule has 0 unspecified atom stereocenters. The number of hydrogen-bond acceptors (Lipinski definition) is 8. The molecule has 1 aliphatic rings. The molecule has 1 aromatic carbocycles. The van der Waals surface area contributed by atoms with Crippen LogP contribution in [0.25, 0.3) is 0 Å². The predicted octanol–water partition coefficient (Wildman–Crippen LogP) is -0.399. The number of nitrogens with one attached hydrogen (secondary N) is 3. The van der Waals surface area contributed by atoms with Gasteiger partial charge in [-0.3, -0.25) is 39.0 Å². The van der Waals surface area contributed by atoms with Gasteiger partial charge < -0.3 is 10.6 Å². The zero-order valence-electron chi connectivity index (χ0n) is 16.6. The number of nitro benzene ring substituents is 1. The largest absolute Gasteiger partial charge is 0.354 e. The van der Waals surface area contributed by atoms with Crippen molar-refractivity contribution in [1.29, 1.82) is 0 Å². The SMILES string of the molecule is O=C(CCCN1C(=O)c2ccc([N+](=O)[O-])cc2C1=O)NCCNC(=O)c1ccc(=O)[nH]n1. The Morgan fingerprint density at radius 3 is 2.44 bits per heavy atom. The van der Waals surface area contributed by atoms with E-state index >= 15 is 0 Å². The zero-order valence-corrected chi connectivity index (χ0v) is 16.6. The molecule has 3 N–H and O–H groups in total. The average Bonchev–Trinajstić information content (AvgIpc) is 3.01. The van der Waals surface area contributed by atoms with Gasteiger partial charge in [-0.2, -0.15) is 5.10 Å². The minimum atomic E-state index is -0.648. The number of carbonyl (C=O) groups excluding carboxylic acids is 4. The maximum absolute atomic E-state index is 12.4. The minimum absolute atomic E-state index is 0.0117. The normalized spacial score (nSPS) is 12.4. The maximum atomic E-state index is 12.4. The molecule has 166 valence electrons. The van der Waals surface area contributed by atoms with Crippen molar-refractivity contribution in [3.05, 3.63) is 67.6 Å². The Bertz CT molecular complexity index is 1140. The van der Waals surface area contributed by atoms with Crippen LogP contribution in [0, 0.1) is 10.1 Å². The summed E-state index contributed by atoms with van der Waals surface area (Å²) in [5, 5.41) is 21.7. The number of amides is 4. The summed E-state index contributed by atoms with van der Waals surface area (Å²) in [5.41, 5.74) is -0.618. The Balaban J connectivity index is 1.39.